The number of imide groups is 1. The smallest absolute Gasteiger partial charge is 0.254 e. The van der Waals surface area contributed by atoms with Gasteiger partial charge in [-0.15, -0.1) is 0 Å². The van der Waals surface area contributed by atoms with E-state index in [2.05, 4.69) is 37.5 Å². The molecule has 5 heterocycles. The zero-order chi connectivity index (χ0) is 39.0. The van der Waals surface area contributed by atoms with Crippen LogP contribution in [0.25, 0.3) is 11.1 Å². The highest BCUT2D eigenvalue weighted by Gasteiger charge is 2.45. The molecule has 1 atom stereocenters. The predicted molar refractivity (Wildman–Crippen MR) is 208 cm³/mol. The lowest BCUT2D eigenvalue weighted by molar-refractivity contribution is -0.134. The summed E-state index contributed by atoms with van der Waals surface area (Å²) in [6.45, 7) is 11.6. The van der Waals surface area contributed by atoms with E-state index in [0.29, 0.717) is 5.92 Å². The van der Waals surface area contributed by atoms with Crippen molar-refractivity contribution in [2.45, 2.75) is 65.0 Å². The van der Waals surface area contributed by atoms with Gasteiger partial charge in [-0.05, 0) is 120 Å². The van der Waals surface area contributed by atoms with E-state index in [0.717, 1.165) is 123 Å². The Balaban J connectivity index is 0.874. The van der Waals surface area contributed by atoms with Gasteiger partial charge in [0, 0.05) is 68.1 Å². The van der Waals surface area contributed by atoms with Crippen LogP contribution in [-0.2, 0) is 23.2 Å². The fourth-order valence-corrected chi connectivity index (χ4v) is 8.90. The van der Waals surface area contributed by atoms with E-state index in [1.807, 2.05) is 20.0 Å². The van der Waals surface area contributed by atoms with Gasteiger partial charge in [0.2, 0.25) is 11.8 Å². The number of rotatable bonds is 10. The lowest BCUT2D eigenvalue weighted by Gasteiger charge is -2.55. The number of carbonyl (C=O) groups excluding carboxylic acids is 3. The Labute approximate surface area is 321 Å². The van der Waals surface area contributed by atoms with E-state index < -0.39 is 23.7 Å². The maximum Gasteiger partial charge on any atom is 0.254 e. The molecule has 0 saturated carbocycles. The highest BCUT2D eigenvalue weighted by Crippen LogP contribution is 2.43. The van der Waals surface area contributed by atoms with Gasteiger partial charge in [0.15, 0.2) is 0 Å². The van der Waals surface area contributed by atoms with Crippen LogP contribution >= 0.6 is 0 Å². The molecular formula is C42H53FN6O6. The molecule has 4 aliphatic rings. The second kappa shape index (κ2) is 15.8. The Kier molecular flexibility index (Phi) is 11.0. The molecule has 294 valence electrons. The van der Waals surface area contributed by atoms with Gasteiger partial charge in [0.05, 0.1) is 25.3 Å². The normalized spacial score (nSPS) is 20.6. The number of piperidine rings is 3. The Morgan fingerprint density at radius 3 is 2.22 bits per heavy atom. The maximum atomic E-state index is 15.1. The van der Waals surface area contributed by atoms with Crippen molar-refractivity contribution in [3.05, 3.63) is 75.0 Å². The summed E-state index contributed by atoms with van der Waals surface area (Å²) in [6.07, 6.45) is 6.74. The van der Waals surface area contributed by atoms with E-state index in [1.54, 1.807) is 31.9 Å². The number of aryl methyl sites for hydroxylation is 1. The third kappa shape index (κ3) is 8.00. The fourth-order valence-electron chi connectivity index (χ4n) is 8.90. The third-order valence-corrected chi connectivity index (χ3v) is 12.5. The van der Waals surface area contributed by atoms with Crippen LogP contribution in [0.1, 0.15) is 65.6 Å². The molecule has 1 spiro atoms. The molecule has 2 N–H and O–H groups in total. The highest BCUT2D eigenvalue weighted by molar-refractivity contribution is 6.04. The minimum Gasteiger partial charge on any atom is -0.496 e. The Morgan fingerprint density at radius 2 is 1.60 bits per heavy atom. The van der Waals surface area contributed by atoms with Gasteiger partial charge >= 0.3 is 0 Å². The minimum absolute atomic E-state index is 0.00884. The van der Waals surface area contributed by atoms with Crippen LogP contribution in [0.5, 0.6) is 11.5 Å². The number of aromatic nitrogens is 1. The van der Waals surface area contributed by atoms with Crippen LogP contribution < -0.4 is 30.6 Å². The molecule has 3 amide bonds. The van der Waals surface area contributed by atoms with E-state index in [-0.39, 0.29) is 35.3 Å². The third-order valence-electron chi connectivity index (χ3n) is 12.5. The number of likely N-dealkylation sites (tertiary alicyclic amines) is 2. The van der Waals surface area contributed by atoms with Crippen LogP contribution in [0.3, 0.4) is 0 Å². The van der Waals surface area contributed by atoms with Gasteiger partial charge in [-0.25, -0.2) is 4.39 Å². The van der Waals surface area contributed by atoms with Crippen molar-refractivity contribution in [1.82, 2.24) is 25.0 Å². The largest absolute Gasteiger partial charge is 0.496 e. The van der Waals surface area contributed by atoms with Gasteiger partial charge < -0.3 is 29.2 Å². The van der Waals surface area contributed by atoms with Crippen molar-refractivity contribution in [3.8, 4) is 22.6 Å². The number of pyridine rings is 1. The maximum absolute atomic E-state index is 15.1. The van der Waals surface area contributed by atoms with E-state index in [1.165, 1.54) is 12.1 Å². The molecule has 7 rings (SSSR count). The van der Waals surface area contributed by atoms with Gasteiger partial charge in [-0.2, -0.15) is 0 Å². The first kappa shape index (κ1) is 38.5. The summed E-state index contributed by atoms with van der Waals surface area (Å²) < 4.78 is 28.5. The first-order valence-corrected chi connectivity index (χ1v) is 19.4. The van der Waals surface area contributed by atoms with Crippen LogP contribution in [-0.4, -0.2) is 98.2 Å². The van der Waals surface area contributed by atoms with Gasteiger partial charge in [0.1, 0.15) is 23.4 Å². The molecule has 2 aromatic carbocycles. The lowest BCUT2D eigenvalue weighted by atomic mass is 9.71. The molecule has 4 fully saturated rings. The molecule has 3 aromatic rings. The summed E-state index contributed by atoms with van der Waals surface area (Å²) in [5, 5.41) is 4.76. The first-order chi connectivity index (χ1) is 26.4. The number of hydrogen-bond acceptors (Lipinski definition) is 9. The molecule has 0 radical (unpaired) electrons. The molecule has 0 aliphatic carbocycles. The van der Waals surface area contributed by atoms with Gasteiger partial charge in [-0.3, -0.25) is 29.4 Å². The zero-order valence-electron chi connectivity index (χ0n) is 32.6. The van der Waals surface area contributed by atoms with Gasteiger partial charge in [-0.1, -0.05) is 0 Å². The number of carbonyl (C=O) groups is 3. The number of ether oxygens (including phenoxy) is 2. The number of halogens is 1. The summed E-state index contributed by atoms with van der Waals surface area (Å²) in [5.41, 5.74) is 5.58. The number of nitrogens with one attached hydrogen (secondary N) is 2. The number of nitrogens with zero attached hydrogens (tertiary/aromatic N) is 4. The summed E-state index contributed by atoms with van der Waals surface area (Å²) in [5.74, 6) is 0.0131. The second-order valence-corrected chi connectivity index (χ2v) is 16.1. The highest BCUT2D eigenvalue weighted by atomic mass is 19.1. The van der Waals surface area contributed by atoms with Crippen molar-refractivity contribution in [3.63, 3.8) is 0 Å². The summed E-state index contributed by atoms with van der Waals surface area (Å²) >= 11 is 0. The number of benzene rings is 2. The molecule has 13 heteroatoms. The lowest BCUT2D eigenvalue weighted by Crippen LogP contribution is -2.60. The first-order valence-electron chi connectivity index (χ1n) is 19.4. The Bertz CT molecular complexity index is 2000. The topological polar surface area (TPSA) is 125 Å². The molecule has 1 unspecified atom stereocenters. The molecule has 1 aromatic heterocycles. The Hall–Kier alpha value is -4.75. The standard InChI is InChI=1S/C42H53FN6O6/c1-26-27(2)41(53)46(3)22-32(26)29-18-36(54-4)33(37(19-29)55-5)23-47-14-10-28(11-15-47)21-48-16-12-42(13-17-48)24-49(25-42)30-6-7-31(34(43)20-30)39(51)44-35-8-9-38(50)45-40(35)52/h6-7,18-20,22,28,35H,8-17,21,23-25H2,1-5H3,(H,44,51)(H,45,50,52). The van der Waals surface area contributed by atoms with Gasteiger partial charge in [0.25, 0.3) is 11.5 Å². The quantitative estimate of drug-likeness (QED) is 0.294. The zero-order valence-corrected chi connectivity index (χ0v) is 32.6. The molecule has 55 heavy (non-hydrogen) atoms. The van der Waals surface area contributed by atoms with Crippen LogP contribution in [0.2, 0.25) is 0 Å². The van der Waals surface area contributed by atoms with Crippen LogP contribution in [0, 0.1) is 31.0 Å². The van der Waals surface area contributed by atoms with E-state index in [9.17, 15) is 19.2 Å². The SMILES string of the molecule is COc1cc(-c2cn(C)c(=O)c(C)c2C)cc(OC)c1CN1CCC(CN2CCC3(CC2)CN(c2ccc(C(=O)NC4CCC(=O)NC4=O)c(F)c2)C3)CC1. The fraction of sp³-hybridized carbons (Fsp3) is 0.524. The van der Waals surface area contributed by atoms with Crippen LogP contribution in [0.15, 0.2) is 41.3 Å². The Morgan fingerprint density at radius 1 is 0.927 bits per heavy atom. The molecule has 0 bridgehead atoms. The number of amides is 3. The van der Waals surface area contributed by atoms with E-state index >= 15 is 4.39 Å². The summed E-state index contributed by atoms with van der Waals surface area (Å²) in [4.78, 5) is 55.9. The van der Waals surface area contributed by atoms with Crippen molar-refractivity contribution in [2.24, 2.45) is 18.4 Å². The van der Waals surface area contributed by atoms with Crippen LogP contribution in [0.4, 0.5) is 10.1 Å². The van der Waals surface area contributed by atoms with Crippen molar-refractivity contribution in [1.29, 1.82) is 0 Å². The monoisotopic (exact) mass is 756 g/mol. The average molecular weight is 757 g/mol. The summed E-state index contributed by atoms with van der Waals surface area (Å²) in [7, 11) is 5.18. The number of hydrogen-bond donors (Lipinski definition) is 2. The number of anilines is 1. The van der Waals surface area contributed by atoms with Crippen molar-refractivity contribution < 1.29 is 28.2 Å². The minimum atomic E-state index is -0.850. The molecular weight excluding hydrogens is 703 g/mol. The molecule has 12 nitrogen and oxygen atoms in total. The molecule has 4 aliphatic heterocycles. The molecule has 4 saturated heterocycles. The average Bonchev–Trinajstić information content (AvgIpc) is 3.16. The second-order valence-electron chi connectivity index (χ2n) is 16.1. The van der Waals surface area contributed by atoms with Crippen molar-refractivity contribution >= 4 is 23.4 Å². The van der Waals surface area contributed by atoms with E-state index in [4.69, 9.17) is 9.47 Å². The number of methoxy groups -OCH3 is 2. The van der Waals surface area contributed by atoms with Crippen molar-refractivity contribution in [2.75, 3.05) is 64.9 Å². The predicted octanol–water partition coefficient (Wildman–Crippen LogP) is 4.17. The summed E-state index contributed by atoms with van der Waals surface area (Å²) in [6, 6.07) is 7.93.